The summed E-state index contributed by atoms with van der Waals surface area (Å²) in [4.78, 5) is 26.4. The number of carbonyl (C=O) groups excluding carboxylic acids is 2. The number of piperidine rings is 1. The maximum atomic E-state index is 12.4. The summed E-state index contributed by atoms with van der Waals surface area (Å²) >= 11 is 0. The quantitative estimate of drug-likeness (QED) is 0.721. The van der Waals surface area contributed by atoms with Crippen LogP contribution in [0.15, 0.2) is 57.6 Å². The van der Waals surface area contributed by atoms with Crippen molar-refractivity contribution in [3.8, 4) is 0 Å². The van der Waals surface area contributed by atoms with E-state index in [-0.39, 0.29) is 24.0 Å². The zero-order chi connectivity index (χ0) is 19.5. The van der Waals surface area contributed by atoms with Crippen LogP contribution in [0.3, 0.4) is 0 Å². The topological polar surface area (TPSA) is 87.7 Å². The second kappa shape index (κ2) is 7.80. The fourth-order valence-corrected chi connectivity index (χ4v) is 3.49. The lowest BCUT2D eigenvalue weighted by molar-refractivity contribution is 0.0676. The van der Waals surface area contributed by atoms with Crippen LogP contribution in [-0.4, -0.2) is 36.0 Å². The van der Waals surface area contributed by atoms with Crippen molar-refractivity contribution in [3.63, 3.8) is 0 Å². The van der Waals surface area contributed by atoms with Gasteiger partial charge in [0.1, 0.15) is 11.3 Å². The molecule has 0 radical (unpaired) electrons. The summed E-state index contributed by atoms with van der Waals surface area (Å²) in [5.74, 6) is 0.963. The van der Waals surface area contributed by atoms with Crippen LogP contribution in [0.1, 0.15) is 42.1 Å². The molecule has 1 fully saturated rings. The number of likely N-dealkylation sites (tertiary alicyclic amines) is 1. The lowest BCUT2D eigenvalue weighted by Gasteiger charge is -2.32. The van der Waals surface area contributed by atoms with Crippen molar-refractivity contribution in [1.29, 1.82) is 0 Å². The molecule has 1 aliphatic rings. The molecule has 2 aromatic heterocycles. The minimum Gasteiger partial charge on any atom is -0.459 e. The van der Waals surface area contributed by atoms with Crippen molar-refractivity contribution >= 4 is 22.9 Å². The lowest BCUT2D eigenvalue weighted by Crippen LogP contribution is -2.49. The summed E-state index contributed by atoms with van der Waals surface area (Å²) in [6.45, 7) is 3.06. The van der Waals surface area contributed by atoms with Crippen molar-refractivity contribution in [1.82, 2.24) is 15.5 Å². The molecular formula is C21H23N3O4. The Balaban J connectivity index is 1.27. The van der Waals surface area contributed by atoms with Crippen LogP contribution < -0.4 is 10.6 Å². The monoisotopic (exact) mass is 381 g/mol. The van der Waals surface area contributed by atoms with Crippen LogP contribution in [0.2, 0.25) is 0 Å². The van der Waals surface area contributed by atoms with E-state index in [2.05, 4.69) is 10.6 Å². The number of hydrogen-bond donors (Lipinski definition) is 2. The largest absolute Gasteiger partial charge is 0.459 e. The van der Waals surface area contributed by atoms with Gasteiger partial charge in [-0.2, -0.15) is 0 Å². The van der Waals surface area contributed by atoms with E-state index in [1.165, 1.54) is 6.26 Å². The van der Waals surface area contributed by atoms with E-state index in [0.29, 0.717) is 31.7 Å². The number of carbonyl (C=O) groups is 2. The SMILES string of the molecule is CC(NC(=O)NC1CCN(C(=O)c2ccco2)CC1)c1cc2ccccc2o1. The molecule has 1 saturated heterocycles. The van der Waals surface area contributed by atoms with E-state index in [1.54, 1.807) is 17.0 Å². The molecule has 3 heterocycles. The first-order chi connectivity index (χ1) is 13.6. The van der Waals surface area contributed by atoms with Gasteiger partial charge >= 0.3 is 6.03 Å². The van der Waals surface area contributed by atoms with Gasteiger partial charge in [-0.05, 0) is 44.0 Å². The van der Waals surface area contributed by atoms with Gasteiger partial charge in [0, 0.05) is 24.5 Å². The first-order valence-corrected chi connectivity index (χ1v) is 9.48. The summed E-state index contributed by atoms with van der Waals surface area (Å²) in [5, 5.41) is 6.93. The Kier molecular flexibility index (Phi) is 5.06. The molecule has 0 saturated carbocycles. The number of fused-ring (bicyclic) bond motifs is 1. The highest BCUT2D eigenvalue weighted by Gasteiger charge is 2.26. The van der Waals surface area contributed by atoms with Crippen molar-refractivity contribution < 1.29 is 18.4 Å². The number of para-hydroxylation sites is 1. The molecule has 4 rings (SSSR count). The minimum atomic E-state index is -0.243. The van der Waals surface area contributed by atoms with Crippen LogP contribution in [0.4, 0.5) is 4.79 Å². The average Bonchev–Trinajstić information content (AvgIpc) is 3.37. The van der Waals surface area contributed by atoms with Crippen LogP contribution >= 0.6 is 0 Å². The highest BCUT2D eigenvalue weighted by molar-refractivity contribution is 5.91. The van der Waals surface area contributed by atoms with E-state index < -0.39 is 0 Å². The molecule has 7 heteroatoms. The van der Waals surface area contributed by atoms with Gasteiger partial charge in [-0.15, -0.1) is 0 Å². The second-order valence-corrected chi connectivity index (χ2v) is 7.07. The maximum Gasteiger partial charge on any atom is 0.315 e. The summed E-state index contributed by atoms with van der Waals surface area (Å²) in [6.07, 6.45) is 2.91. The highest BCUT2D eigenvalue weighted by Crippen LogP contribution is 2.23. The third kappa shape index (κ3) is 3.88. The molecule has 1 aromatic carbocycles. The molecule has 1 aliphatic heterocycles. The van der Waals surface area contributed by atoms with Crippen molar-refractivity contribution in [2.24, 2.45) is 0 Å². The number of urea groups is 1. The molecule has 0 aliphatic carbocycles. The van der Waals surface area contributed by atoms with Gasteiger partial charge in [0.05, 0.1) is 12.3 Å². The minimum absolute atomic E-state index is 0.0310. The number of benzene rings is 1. The molecule has 1 unspecified atom stereocenters. The summed E-state index contributed by atoms with van der Waals surface area (Å²) < 4.78 is 11.0. The fourth-order valence-electron chi connectivity index (χ4n) is 3.49. The smallest absolute Gasteiger partial charge is 0.315 e. The van der Waals surface area contributed by atoms with Crippen LogP contribution in [0, 0.1) is 0 Å². The molecule has 3 aromatic rings. The summed E-state index contributed by atoms with van der Waals surface area (Å²) in [6, 6.07) is 12.6. The van der Waals surface area contributed by atoms with E-state index in [9.17, 15) is 9.59 Å². The number of rotatable bonds is 4. The first kappa shape index (κ1) is 18.2. The Labute approximate surface area is 162 Å². The number of hydrogen-bond acceptors (Lipinski definition) is 4. The van der Waals surface area contributed by atoms with Gasteiger partial charge in [-0.1, -0.05) is 18.2 Å². The molecular weight excluding hydrogens is 358 g/mol. The molecule has 146 valence electrons. The van der Waals surface area contributed by atoms with Crippen molar-refractivity contribution in [2.75, 3.05) is 13.1 Å². The molecule has 1 atom stereocenters. The Bertz CT molecular complexity index is 922. The zero-order valence-electron chi connectivity index (χ0n) is 15.7. The van der Waals surface area contributed by atoms with Gasteiger partial charge in [-0.3, -0.25) is 4.79 Å². The Morgan fingerprint density at radius 1 is 1.14 bits per heavy atom. The number of amides is 3. The molecule has 2 N–H and O–H groups in total. The number of nitrogens with one attached hydrogen (secondary N) is 2. The van der Waals surface area contributed by atoms with Gasteiger partial charge < -0.3 is 24.4 Å². The molecule has 28 heavy (non-hydrogen) atoms. The van der Waals surface area contributed by atoms with Crippen LogP contribution in [-0.2, 0) is 0 Å². The first-order valence-electron chi connectivity index (χ1n) is 9.48. The maximum absolute atomic E-state index is 12.4. The Hall–Kier alpha value is -3.22. The number of furan rings is 2. The third-order valence-electron chi connectivity index (χ3n) is 5.07. The van der Waals surface area contributed by atoms with Crippen molar-refractivity contribution in [3.05, 3.63) is 60.2 Å². The van der Waals surface area contributed by atoms with Crippen molar-refractivity contribution in [2.45, 2.75) is 31.8 Å². The number of nitrogens with zero attached hydrogens (tertiary/aromatic N) is 1. The van der Waals surface area contributed by atoms with E-state index in [0.717, 1.165) is 16.7 Å². The third-order valence-corrected chi connectivity index (χ3v) is 5.07. The van der Waals surface area contributed by atoms with Gasteiger partial charge in [0.25, 0.3) is 5.91 Å². The lowest BCUT2D eigenvalue weighted by atomic mass is 10.0. The second-order valence-electron chi connectivity index (χ2n) is 7.07. The zero-order valence-corrected chi connectivity index (χ0v) is 15.7. The van der Waals surface area contributed by atoms with E-state index >= 15 is 0 Å². The summed E-state index contributed by atoms with van der Waals surface area (Å²) in [7, 11) is 0. The Morgan fingerprint density at radius 3 is 2.64 bits per heavy atom. The van der Waals surface area contributed by atoms with Gasteiger partial charge in [-0.25, -0.2) is 4.79 Å². The van der Waals surface area contributed by atoms with Gasteiger partial charge in [0.15, 0.2) is 5.76 Å². The molecule has 0 bridgehead atoms. The molecule has 3 amide bonds. The fraction of sp³-hybridized carbons (Fsp3) is 0.333. The highest BCUT2D eigenvalue weighted by atomic mass is 16.3. The molecule has 7 nitrogen and oxygen atoms in total. The standard InChI is InChI=1S/C21H23N3O4/c1-14(19-13-15-5-2-3-6-17(15)28-19)22-21(26)23-16-8-10-24(11-9-16)20(25)18-7-4-12-27-18/h2-7,12-14,16H,8-11H2,1H3,(H2,22,23,26). The van der Waals surface area contributed by atoms with E-state index in [4.69, 9.17) is 8.83 Å². The predicted molar refractivity (Wildman–Crippen MR) is 104 cm³/mol. The van der Waals surface area contributed by atoms with E-state index in [1.807, 2.05) is 37.3 Å². The normalized spacial score (nSPS) is 16.1. The predicted octanol–water partition coefficient (Wildman–Crippen LogP) is 3.69. The Morgan fingerprint density at radius 2 is 1.93 bits per heavy atom. The average molecular weight is 381 g/mol. The van der Waals surface area contributed by atoms with Crippen LogP contribution in [0.25, 0.3) is 11.0 Å². The van der Waals surface area contributed by atoms with Crippen LogP contribution in [0.5, 0.6) is 0 Å². The summed E-state index contributed by atoms with van der Waals surface area (Å²) in [5.41, 5.74) is 0.806. The van der Waals surface area contributed by atoms with Gasteiger partial charge in [0.2, 0.25) is 0 Å². The molecule has 0 spiro atoms.